The predicted molar refractivity (Wildman–Crippen MR) is 79.6 cm³/mol. The number of carbonyl (C=O) groups excluding carboxylic acids is 1. The molecule has 0 spiro atoms. The largest absolute Gasteiger partial charge is 0.303 e. The van der Waals surface area contributed by atoms with Gasteiger partial charge in [-0.05, 0) is 32.2 Å². The zero-order chi connectivity index (χ0) is 13.7. The summed E-state index contributed by atoms with van der Waals surface area (Å²) < 4.78 is 0. The molecule has 0 radical (unpaired) electrons. The molecule has 2 nitrogen and oxygen atoms in total. The summed E-state index contributed by atoms with van der Waals surface area (Å²) in [5.74, 6) is 1.14. The molecule has 1 aromatic rings. The number of aryl methyl sites for hydroxylation is 1. The van der Waals surface area contributed by atoms with Crippen molar-refractivity contribution >= 4 is 5.78 Å². The third kappa shape index (κ3) is 4.17. The number of hydrogen-bond acceptors (Lipinski definition) is 2. The highest BCUT2D eigenvalue weighted by Crippen LogP contribution is 2.21. The van der Waals surface area contributed by atoms with Gasteiger partial charge in [0.15, 0.2) is 5.78 Å². The van der Waals surface area contributed by atoms with Crippen molar-refractivity contribution < 1.29 is 4.79 Å². The second-order valence-electron chi connectivity index (χ2n) is 5.78. The second kappa shape index (κ2) is 6.85. The highest BCUT2D eigenvalue weighted by atomic mass is 16.1. The smallest absolute Gasteiger partial charge is 0.164 e. The first-order valence-electron chi connectivity index (χ1n) is 7.51. The number of rotatable bonds is 6. The van der Waals surface area contributed by atoms with Gasteiger partial charge >= 0.3 is 0 Å². The van der Waals surface area contributed by atoms with Crippen LogP contribution in [0.25, 0.3) is 0 Å². The Labute approximate surface area is 116 Å². The molecule has 2 heteroatoms. The highest BCUT2D eigenvalue weighted by Gasteiger charge is 2.21. The fraction of sp³-hybridized carbons (Fsp3) is 0.588. The van der Waals surface area contributed by atoms with E-state index in [0.717, 1.165) is 18.0 Å². The Bertz CT molecular complexity index is 410. The molecule has 0 N–H and O–H groups in total. The van der Waals surface area contributed by atoms with Crippen LogP contribution in [-0.2, 0) is 0 Å². The minimum absolute atomic E-state index is 0.277. The van der Waals surface area contributed by atoms with Crippen LogP contribution in [-0.4, -0.2) is 30.3 Å². The highest BCUT2D eigenvalue weighted by molar-refractivity contribution is 5.96. The summed E-state index contributed by atoms with van der Waals surface area (Å²) in [5.41, 5.74) is 2.06. The number of ketones is 1. The van der Waals surface area contributed by atoms with E-state index in [1.807, 2.05) is 31.2 Å². The summed E-state index contributed by atoms with van der Waals surface area (Å²) in [5, 5.41) is 0. The zero-order valence-electron chi connectivity index (χ0n) is 12.2. The molecule has 1 aliphatic heterocycles. The van der Waals surface area contributed by atoms with Crippen LogP contribution in [0.4, 0.5) is 0 Å². The summed E-state index contributed by atoms with van der Waals surface area (Å²) in [6.45, 7) is 7.59. The van der Waals surface area contributed by atoms with Crippen molar-refractivity contribution in [1.29, 1.82) is 0 Å². The minimum atomic E-state index is 0.277. The molecular weight excluding hydrogens is 234 g/mol. The molecule has 1 saturated heterocycles. The van der Waals surface area contributed by atoms with Gasteiger partial charge in [0.25, 0.3) is 0 Å². The van der Waals surface area contributed by atoms with Crippen molar-refractivity contribution in [3.8, 4) is 0 Å². The van der Waals surface area contributed by atoms with Crippen molar-refractivity contribution in [2.24, 2.45) is 5.92 Å². The average molecular weight is 259 g/mol. The summed E-state index contributed by atoms with van der Waals surface area (Å²) in [6.07, 6.45) is 4.58. The van der Waals surface area contributed by atoms with E-state index in [2.05, 4.69) is 11.8 Å². The van der Waals surface area contributed by atoms with E-state index in [0.29, 0.717) is 6.42 Å². The molecule has 0 aromatic heterocycles. The van der Waals surface area contributed by atoms with Crippen molar-refractivity contribution in [3.63, 3.8) is 0 Å². The van der Waals surface area contributed by atoms with Gasteiger partial charge in [0.05, 0.1) is 0 Å². The van der Waals surface area contributed by atoms with Gasteiger partial charge in [0.2, 0.25) is 0 Å². The number of benzene rings is 1. The lowest BCUT2D eigenvalue weighted by molar-refractivity contribution is 0.0968. The van der Waals surface area contributed by atoms with Crippen LogP contribution >= 0.6 is 0 Å². The van der Waals surface area contributed by atoms with Crippen molar-refractivity contribution in [1.82, 2.24) is 4.90 Å². The van der Waals surface area contributed by atoms with Gasteiger partial charge in [-0.1, -0.05) is 43.2 Å². The van der Waals surface area contributed by atoms with E-state index in [4.69, 9.17) is 0 Å². The van der Waals surface area contributed by atoms with Crippen LogP contribution in [0.5, 0.6) is 0 Å². The summed E-state index contributed by atoms with van der Waals surface area (Å²) in [6, 6.07) is 7.92. The Balaban J connectivity index is 1.76. The molecule has 1 aliphatic rings. The van der Waals surface area contributed by atoms with Crippen molar-refractivity contribution in [3.05, 3.63) is 35.4 Å². The SMILES string of the molecule is CCCC1CCN(CCC(=O)c2ccc(C)cc2)C1. The van der Waals surface area contributed by atoms with Crippen molar-refractivity contribution in [2.75, 3.05) is 19.6 Å². The molecule has 1 atom stereocenters. The summed E-state index contributed by atoms with van der Waals surface area (Å²) >= 11 is 0. The summed E-state index contributed by atoms with van der Waals surface area (Å²) in [4.78, 5) is 14.5. The molecule has 1 fully saturated rings. The third-order valence-corrected chi connectivity index (χ3v) is 4.10. The molecule has 19 heavy (non-hydrogen) atoms. The van der Waals surface area contributed by atoms with Crippen LogP contribution in [0.1, 0.15) is 48.5 Å². The maximum Gasteiger partial charge on any atom is 0.164 e. The lowest BCUT2D eigenvalue weighted by Crippen LogP contribution is -2.24. The van der Waals surface area contributed by atoms with Crippen molar-refractivity contribution in [2.45, 2.75) is 39.5 Å². The van der Waals surface area contributed by atoms with Crippen LogP contribution in [0.2, 0.25) is 0 Å². The molecule has 0 amide bonds. The third-order valence-electron chi connectivity index (χ3n) is 4.10. The van der Waals surface area contributed by atoms with E-state index in [9.17, 15) is 4.79 Å². The maximum atomic E-state index is 12.1. The Morgan fingerprint density at radius 2 is 2.05 bits per heavy atom. The maximum absolute atomic E-state index is 12.1. The Morgan fingerprint density at radius 1 is 1.32 bits per heavy atom. The number of carbonyl (C=O) groups is 1. The first-order chi connectivity index (χ1) is 9.19. The second-order valence-corrected chi connectivity index (χ2v) is 5.78. The Morgan fingerprint density at radius 3 is 2.74 bits per heavy atom. The Hall–Kier alpha value is -1.15. The molecule has 0 saturated carbocycles. The minimum Gasteiger partial charge on any atom is -0.303 e. The Kier molecular flexibility index (Phi) is 5.15. The molecule has 0 bridgehead atoms. The lowest BCUT2D eigenvalue weighted by atomic mass is 10.0. The van der Waals surface area contributed by atoms with Gasteiger partial charge in [0.1, 0.15) is 0 Å². The van der Waals surface area contributed by atoms with Gasteiger partial charge in [-0.25, -0.2) is 0 Å². The molecule has 2 rings (SSSR count). The van der Waals surface area contributed by atoms with Gasteiger partial charge in [0, 0.05) is 25.1 Å². The first-order valence-corrected chi connectivity index (χ1v) is 7.51. The molecule has 0 aliphatic carbocycles. The molecule has 104 valence electrons. The van der Waals surface area contributed by atoms with Gasteiger partial charge in [-0.15, -0.1) is 0 Å². The topological polar surface area (TPSA) is 20.3 Å². The van der Waals surface area contributed by atoms with Crippen LogP contribution in [0.3, 0.4) is 0 Å². The fourth-order valence-corrected chi connectivity index (χ4v) is 2.90. The zero-order valence-corrected chi connectivity index (χ0v) is 12.2. The quantitative estimate of drug-likeness (QED) is 0.726. The van der Waals surface area contributed by atoms with Gasteiger partial charge in [-0.2, -0.15) is 0 Å². The average Bonchev–Trinajstić information content (AvgIpc) is 2.85. The molecule has 1 aromatic carbocycles. The monoisotopic (exact) mass is 259 g/mol. The van der Waals surface area contributed by atoms with Crippen LogP contribution in [0, 0.1) is 12.8 Å². The van der Waals surface area contributed by atoms with E-state index < -0.39 is 0 Å². The van der Waals surface area contributed by atoms with Crippen LogP contribution in [0.15, 0.2) is 24.3 Å². The van der Waals surface area contributed by atoms with Gasteiger partial charge < -0.3 is 4.90 Å². The van der Waals surface area contributed by atoms with Crippen LogP contribution < -0.4 is 0 Å². The predicted octanol–water partition coefficient (Wildman–Crippen LogP) is 3.69. The number of nitrogens with zero attached hydrogens (tertiary/aromatic N) is 1. The van der Waals surface area contributed by atoms with E-state index in [1.54, 1.807) is 0 Å². The fourth-order valence-electron chi connectivity index (χ4n) is 2.90. The van der Waals surface area contributed by atoms with E-state index >= 15 is 0 Å². The number of likely N-dealkylation sites (tertiary alicyclic amines) is 1. The van der Waals surface area contributed by atoms with E-state index in [-0.39, 0.29) is 5.78 Å². The molecule has 1 unspecified atom stereocenters. The number of Topliss-reactive ketones (excluding diaryl/α,β-unsaturated/α-hetero) is 1. The first kappa shape index (κ1) is 14.3. The lowest BCUT2D eigenvalue weighted by Gasteiger charge is -2.15. The number of hydrogen-bond donors (Lipinski definition) is 0. The van der Waals surface area contributed by atoms with E-state index in [1.165, 1.54) is 37.9 Å². The standard InChI is InChI=1S/C17H25NO/c1-3-4-15-9-11-18(13-15)12-10-17(19)16-7-5-14(2)6-8-16/h5-8,15H,3-4,9-13H2,1-2H3. The normalized spacial score (nSPS) is 19.8. The van der Waals surface area contributed by atoms with Gasteiger partial charge in [-0.3, -0.25) is 4.79 Å². The molecular formula is C17H25NO. The summed E-state index contributed by atoms with van der Waals surface area (Å²) in [7, 11) is 0. The molecule has 1 heterocycles.